The number of nitrogens with two attached hydrogens (primary N) is 2. The second-order valence-electron chi connectivity index (χ2n) is 6.16. The Balaban J connectivity index is 0.000000379. The molecule has 6 nitrogen and oxygen atoms in total. The van der Waals surface area contributed by atoms with Crippen molar-refractivity contribution in [1.82, 2.24) is 15.0 Å². The summed E-state index contributed by atoms with van der Waals surface area (Å²) in [4.78, 5) is 11.1. The van der Waals surface area contributed by atoms with Gasteiger partial charge in [-0.05, 0) is 43.5 Å². The molecule has 0 fully saturated rings. The molecule has 0 bridgehead atoms. The lowest BCUT2D eigenvalue weighted by atomic mass is 10.0. The highest BCUT2D eigenvalue weighted by molar-refractivity contribution is 5.35. The number of allylic oxidation sites excluding steroid dienone is 3. The van der Waals surface area contributed by atoms with Crippen molar-refractivity contribution in [2.45, 2.75) is 34.1 Å². The normalized spacial score (nSPS) is 13.2. The van der Waals surface area contributed by atoms with Crippen LogP contribution in [0.1, 0.15) is 33.0 Å². The summed E-state index contributed by atoms with van der Waals surface area (Å²) in [5, 5.41) is 8.80. The van der Waals surface area contributed by atoms with E-state index >= 15 is 0 Å². The molecule has 1 heterocycles. The first-order valence-corrected chi connectivity index (χ1v) is 10.3. The van der Waals surface area contributed by atoms with Gasteiger partial charge in [-0.3, -0.25) is 0 Å². The highest BCUT2D eigenvalue weighted by Crippen LogP contribution is 2.12. The largest absolute Gasteiger partial charge is 0.508 e. The summed E-state index contributed by atoms with van der Waals surface area (Å²) in [6.45, 7) is 7.89. The van der Waals surface area contributed by atoms with Crippen molar-refractivity contribution in [3.8, 4) is 0 Å². The molecule has 166 valence electrons. The number of nitrogens with zero attached hydrogens (tertiary/aromatic N) is 3. The molecule has 4 rings (SSSR count). The number of aromatic nitrogens is 3. The molecule has 1 aliphatic rings. The molecule has 0 amide bonds. The van der Waals surface area contributed by atoms with Crippen molar-refractivity contribution in [3.05, 3.63) is 103 Å². The van der Waals surface area contributed by atoms with Crippen LogP contribution in [0.4, 0.5) is 11.6 Å². The first-order chi connectivity index (χ1) is 15.0. The minimum Gasteiger partial charge on any atom is -0.508 e. The predicted octanol–water partition coefficient (Wildman–Crippen LogP) is 5.77. The monoisotopic (exact) mass is 421 g/mol. The topological polar surface area (TPSA) is 111 Å². The van der Waals surface area contributed by atoms with Crippen molar-refractivity contribution in [2.75, 3.05) is 11.5 Å². The standard InChI is InChI=1S/C7H10O.C6H7N.C6H6.C4H6N4.C2H6/c1-6-2-4-7(8)5-3-6;7-6-4-2-1-3-5-6;1-2-4-6-5-3-1;1-3-6-2-7-4(5)8-3;1-2/h2,4-6,8H,3H2,1H3;1-5H,7H2;1-6H;2H,1H3,(H2,5,6,7,8);1-2H3. The molecule has 31 heavy (non-hydrogen) atoms. The Morgan fingerprint density at radius 2 is 1.39 bits per heavy atom. The van der Waals surface area contributed by atoms with Gasteiger partial charge < -0.3 is 16.6 Å². The van der Waals surface area contributed by atoms with Crippen LogP contribution in [0.25, 0.3) is 0 Å². The van der Waals surface area contributed by atoms with Gasteiger partial charge in [-0.1, -0.05) is 81.4 Å². The quantitative estimate of drug-likeness (QED) is 0.397. The average molecular weight is 422 g/mol. The van der Waals surface area contributed by atoms with E-state index in [0.717, 1.165) is 12.1 Å². The Morgan fingerprint density at radius 1 is 0.871 bits per heavy atom. The summed E-state index contributed by atoms with van der Waals surface area (Å²) in [5.74, 6) is 1.93. The van der Waals surface area contributed by atoms with Gasteiger partial charge in [0.25, 0.3) is 0 Å². The Morgan fingerprint density at radius 3 is 1.68 bits per heavy atom. The maximum absolute atomic E-state index is 8.80. The van der Waals surface area contributed by atoms with Crippen LogP contribution in [0.2, 0.25) is 0 Å². The SMILES string of the molecule is CC.CC1C=CC(O)=CC1.Cc1ncnc(N)n1.Nc1ccccc1.c1ccccc1. The highest BCUT2D eigenvalue weighted by atomic mass is 16.3. The van der Waals surface area contributed by atoms with Gasteiger partial charge in [0.15, 0.2) is 0 Å². The number of aliphatic hydroxyl groups is 1. The van der Waals surface area contributed by atoms with Gasteiger partial charge in [0.1, 0.15) is 17.9 Å². The van der Waals surface area contributed by atoms with Crippen LogP contribution >= 0.6 is 0 Å². The number of aliphatic hydroxyl groups excluding tert-OH is 1. The van der Waals surface area contributed by atoms with E-state index in [4.69, 9.17) is 16.6 Å². The minimum atomic E-state index is 0.275. The van der Waals surface area contributed by atoms with Crippen molar-refractivity contribution >= 4 is 11.6 Å². The number of rotatable bonds is 0. The summed E-state index contributed by atoms with van der Waals surface area (Å²) in [5.41, 5.74) is 11.4. The summed E-state index contributed by atoms with van der Waals surface area (Å²) in [6, 6.07) is 21.5. The zero-order valence-electron chi connectivity index (χ0n) is 18.9. The second kappa shape index (κ2) is 18.4. The van der Waals surface area contributed by atoms with Crippen LogP contribution in [0, 0.1) is 12.8 Å². The van der Waals surface area contributed by atoms with E-state index in [-0.39, 0.29) is 5.95 Å². The molecule has 0 radical (unpaired) electrons. The lowest BCUT2D eigenvalue weighted by Gasteiger charge is -2.05. The molecule has 1 aliphatic carbocycles. The van der Waals surface area contributed by atoms with Crippen LogP contribution in [0.3, 0.4) is 0 Å². The van der Waals surface area contributed by atoms with Gasteiger partial charge in [-0.15, -0.1) is 0 Å². The van der Waals surface area contributed by atoms with E-state index in [1.165, 1.54) is 6.33 Å². The fraction of sp³-hybridized carbons (Fsp3) is 0.240. The van der Waals surface area contributed by atoms with Crippen LogP contribution in [0.5, 0.6) is 0 Å². The zero-order valence-corrected chi connectivity index (χ0v) is 18.9. The molecule has 0 saturated carbocycles. The van der Waals surface area contributed by atoms with Crippen molar-refractivity contribution in [3.63, 3.8) is 0 Å². The maximum atomic E-state index is 8.80. The Hall–Kier alpha value is -3.67. The summed E-state index contributed by atoms with van der Waals surface area (Å²) in [7, 11) is 0. The molecule has 6 heteroatoms. The Kier molecular flexibility index (Phi) is 16.2. The molecule has 1 aromatic heterocycles. The number of nitrogen functional groups attached to an aromatic ring is 2. The number of hydrogen-bond donors (Lipinski definition) is 3. The van der Waals surface area contributed by atoms with Gasteiger partial charge in [0, 0.05) is 5.69 Å². The molecule has 1 atom stereocenters. The van der Waals surface area contributed by atoms with Crippen molar-refractivity contribution in [1.29, 1.82) is 0 Å². The molecular formula is C25H35N5O. The molecule has 3 aromatic rings. The van der Waals surface area contributed by atoms with Crippen LogP contribution in [-0.2, 0) is 0 Å². The number of hydrogen-bond acceptors (Lipinski definition) is 6. The summed E-state index contributed by atoms with van der Waals surface area (Å²) < 4.78 is 0. The lowest BCUT2D eigenvalue weighted by Crippen LogP contribution is -1.96. The smallest absolute Gasteiger partial charge is 0.223 e. The first kappa shape index (κ1) is 27.3. The van der Waals surface area contributed by atoms with Gasteiger partial charge in [0.2, 0.25) is 5.95 Å². The number of anilines is 2. The van der Waals surface area contributed by atoms with E-state index in [1.54, 1.807) is 13.0 Å². The third-order valence-electron chi connectivity index (χ3n) is 3.47. The first-order valence-electron chi connectivity index (χ1n) is 10.3. The van der Waals surface area contributed by atoms with Crippen molar-refractivity contribution < 1.29 is 5.11 Å². The number of benzene rings is 2. The average Bonchev–Trinajstić information content (AvgIpc) is 2.80. The molecule has 0 spiro atoms. The zero-order chi connectivity index (χ0) is 23.3. The molecule has 1 unspecified atom stereocenters. The molecular weight excluding hydrogens is 386 g/mol. The Bertz CT molecular complexity index is 808. The van der Waals surface area contributed by atoms with Crippen LogP contribution in [-0.4, -0.2) is 20.1 Å². The fourth-order valence-electron chi connectivity index (χ4n) is 1.95. The molecule has 5 N–H and O–H groups in total. The summed E-state index contributed by atoms with van der Waals surface area (Å²) in [6.07, 6.45) is 7.95. The van der Waals surface area contributed by atoms with Gasteiger partial charge in [-0.2, -0.15) is 4.98 Å². The van der Waals surface area contributed by atoms with E-state index in [9.17, 15) is 0 Å². The van der Waals surface area contributed by atoms with Gasteiger partial charge in [0.05, 0.1) is 0 Å². The lowest BCUT2D eigenvalue weighted by molar-refractivity contribution is 0.422. The van der Waals surface area contributed by atoms with Gasteiger partial charge >= 0.3 is 0 Å². The second-order valence-corrected chi connectivity index (χ2v) is 6.16. The number of para-hydroxylation sites is 1. The van der Waals surface area contributed by atoms with Crippen LogP contribution in [0.15, 0.2) is 97.0 Å². The molecule has 0 aliphatic heterocycles. The molecule has 0 saturated heterocycles. The fourth-order valence-corrected chi connectivity index (χ4v) is 1.95. The third kappa shape index (κ3) is 16.9. The molecule has 2 aromatic carbocycles. The Labute approximate surface area is 186 Å². The highest BCUT2D eigenvalue weighted by Gasteiger charge is 1.99. The predicted molar refractivity (Wildman–Crippen MR) is 131 cm³/mol. The van der Waals surface area contributed by atoms with Gasteiger partial charge in [-0.25, -0.2) is 9.97 Å². The third-order valence-corrected chi connectivity index (χ3v) is 3.47. The summed E-state index contributed by atoms with van der Waals surface area (Å²) >= 11 is 0. The maximum Gasteiger partial charge on any atom is 0.223 e. The van der Waals surface area contributed by atoms with E-state index in [0.29, 0.717) is 17.5 Å². The van der Waals surface area contributed by atoms with E-state index in [1.807, 2.05) is 92.7 Å². The minimum absolute atomic E-state index is 0.275. The van der Waals surface area contributed by atoms with Crippen LogP contribution < -0.4 is 11.5 Å². The van der Waals surface area contributed by atoms with Crippen molar-refractivity contribution in [2.24, 2.45) is 5.92 Å². The van der Waals surface area contributed by atoms with E-state index in [2.05, 4.69) is 21.9 Å². The van der Waals surface area contributed by atoms with E-state index < -0.39 is 0 Å². The number of aryl methyl sites for hydroxylation is 1.